The molecule has 0 atom stereocenters. The Hall–Kier alpha value is -2.88. The lowest BCUT2D eigenvalue weighted by Crippen LogP contribution is -2.14. The third-order valence-corrected chi connectivity index (χ3v) is 2.64. The van der Waals surface area contributed by atoms with Gasteiger partial charge in [-0.3, -0.25) is 4.79 Å². The van der Waals surface area contributed by atoms with Gasteiger partial charge in [-0.1, -0.05) is 6.07 Å². The van der Waals surface area contributed by atoms with Crippen molar-refractivity contribution in [1.82, 2.24) is 9.97 Å². The summed E-state index contributed by atoms with van der Waals surface area (Å²) in [5, 5.41) is 11.5. The normalized spacial score (nSPS) is 9.85. The van der Waals surface area contributed by atoms with Crippen molar-refractivity contribution in [1.29, 1.82) is 5.26 Å². The summed E-state index contributed by atoms with van der Waals surface area (Å²) in [6, 6.07) is 6.03. The first kappa shape index (κ1) is 13.5. The van der Waals surface area contributed by atoms with Gasteiger partial charge in [-0.05, 0) is 12.1 Å². The van der Waals surface area contributed by atoms with Crippen LogP contribution >= 0.6 is 0 Å². The molecule has 7 heteroatoms. The molecule has 0 saturated heterocycles. The summed E-state index contributed by atoms with van der Waals surface area (Å²) >= 11 is 0. The highest BCUT2D eigenvalue weighted by Gasteiger charge is 2.10. The van der Waals surface area contributed by atoms with Crippen LogP contribution in [0.5, 0.6) is 5.75 Å². The van der Waals surface area contributed by atoms with Gasteiger partial charge in [-0.2, -0.15) is 5.26 Å². The first-order chi connectivity index (χ1) is 9.65. The Kier molecular flexibility index (Phi) is 3.96. The van der Waals surface area contributed by atoms with Crippen LogP contribution in [-0.4, -0.2) is 17.1 Å². The predicted molar refractivity (Wildman–Crippen MR) is 69.9 cm³/mol. The number of aromatic nitrogens is 2. The Morgan fingerprint density at radius 2 is 2.35 bits per heavy atom. The van der Waals surface area contributed by atoms with Crippen LogP contribution in [0.25, 0.3) is 0 Å². The van der Waals surface area contributed by atoms with Crippen LogP contribution < -0.4 is 15.6 Å². The van der Waals surface area contributed by atoms with Crippen LogP contribution in [0, 0.1) is 17.1 Å². The maximum atomic E-state index is 13.7. The standard InChI is InChI=1S/C13H11FN4O2/c1-20-11-12(17-7-18-13(11)19)16-6-9-3-2-8(5-15)4-10(9)14/h2-4,7H,6H2,1H3,(H2,16,17,18,19). The van der Waals surface area contributed by atoms with Crippen LogP contribution in [0.1, 0.15) is 11.1 Å². The first-order valence-corrected chi connectivity index (χ1v) is 5.69. The summed E-state index contributed by atoms with van der Waals surface area (Å²) < 4.78 is 18.6. The zero-order chi connectivity index (χ0) is 14.5. The molecule has 1 heterocycles. The highest BCUT2D eigenvalue weighted by Crippen LogP contribution is 2.17. The Bertz CT molecular complexity index is 721. The van der Waals surface area contributed by atoms with Gasteiger partial charge in [-0.15, -0.1) is 0 Å². The summed E-state index contributed by atoms with van der Waals surface area (Å²) in [4.78, 5) is 17.8. The highest BCUT2D eigenvalue weighted by molar-refractivity contribution is 5.48. The largest absolute Gasteiger partial charge is 0.489 e. The summed E-state index contributed by atoms with van der Waals surface area (Å²) in [7, 11) is 1.35. The zero-order valence-electron chi connectivity index (χ0n) is 10.6. The number of hydrogen-bond acceptors (Lipinski definition) is 5. The minimum absolute atomic E-state index is 0.0292. The number of nitrogens with one attached hydrogen (secondary N) is 2. The number of methoxy groups -OCH3 is 1. The quantitative estimate of drug-likeness (QED) is 0.879. The lowest BCUT2D eigenvalue weighted by atomic mass is 10.1. The molecule has 0 unspecified atom stereocenters. The van der Waals surface area contributed by atoms with Crippen LogP contribution in [0.15, 0.2) is 29.3 Å². The zero-order valence-corrected chi connectivity index (χ0v) is 10.6. The van der Waals surface area contributed by atoms with E-state index in [4.69, 9.17) is 10.00 Å². The molecule has 0 saturated carbocycles. The van der Waals surface area contributed by atoms with Gasteiger partial charge in [0, 0.05) is 12.1 Å². The average molecular weight is 274 g/mol. The van der Waals surface area contributed by atoms with Crippen molar-refractivity contribution in [2.75, 3.05) is 12.4 Å². The molecule has 0 radical (unpaired) electrons. The van der Waals surface area contributed by atoms with Gasteiger partial charge in [0.05, 0.1) is 25.1 Å². The molecule has 20 heavy (non-hydrogen) atoms. The number of nitriles is 1. The van der Waals surface area contributed by atoms with Crippen LogP contribution in [0.3, 0.4) is 0 Å². The molecular weight excluding hydrogens is 263 g/mol. The predicted octanol–water partition coefficient (Wildman–Crippen LogP) is 1.40. The van der Waals surface area contributed by atoms with E-state index in [1.54, 1.807) is 0 Å². The van der Waals surface area contributed by atoms with Gasteiger partial charge in [-0.25, -0.2) is 9.37 Å². The van der Waals surface area contributed by atoms with Crippen molar-refractivity contribution in [2.24, 2.45) is 0 Å². The lowest BCUT2D eigenvalue weighted by molar-refractivity contribution is 0.408. The number of halogens is 1. The third-order valence-electron chi connectivity index (χ3n) is 2.64. The van der Waals surface area contributed by atoms with E-state index in [0.717, 1.165) is 6.07 Å². The summed E-state index contributed by atoms with van der Waals surface area (Å²) in [5.41, 5.74) is 0.177. The highest BCUT2D eigenvalue weighted by atomic mass is 19.1. The van der Waals surface area contributed by atoms with E-state index in [9.17, 15) is 9.18 Å². The summed E-state index contributed by atoms with van der Waals surface area (Å²) in [5.74, 6) is -0.248. The van der Waals surface area contributed by atoms with E-state index in [2.05, 4.69) is 15.3 Å². The van der Waals surface area contributed by atoms with E-state index in [0.29, 0.717) is 5.56 Å². The van der Waals surface area contributed by atoms with E-state index >= 15 is 0 Å². The van der Waals surface area contributed by atoms with Crippen molar-refractivity contribution < 1.29 is 9.13 Å². The van der Waals surface area contributed by atoms with E-state index in [-0.39, 0.29) is 23.7 Å². The Balaban J connectivity index is 2.20. The fraction of sp³-hybridized carbons (Fsp3) is 0.154. The molecule has 0 aliphatic carbocycles. The Morgan fingerprint density at radius 3 is 3.00 bits per heavy atom. The second-order valence-electron chi connectivity index (χ2n) is 3.89. The molecule has 2 aromatic rings. The summed E-state index contributed by atoms with van der Waals surface area (Å²) in [6.07, 6.45) is 1.22. The number of H-pyrrole nitrogens is 1. The van der Waals surface area contributed by atoms with Crippen molar-refractivity contribution >= 4 is 5.82 Å². The SMILES string of the molecule is COc1c(NCc2ccc(C#N)cc2F)nc[nH]c1=O. The second kappa shape index (κ2) is 5.84. The molecule has 1 aromatic carbocycles. The molecule has 0 spiro atoms. The minimum atomic E-state index is -0.500. The maximum Gasteiger partial charge on any atom is 0.295 e. The number of benzene rings is 1. The first-order valence-electron chi connectivity index (χ1n) is 5.69. The Labute approximate surface area is 113 Å². The second-order valence-corrected chi connectivity index (χ2v) is 3.89. The van der Waals surface area contributed by atoms with Crippen molar-refractivity contribution in [2.45, 2.75) is 6.54 Å². The number of nitrogens with zero attached hydrogens (tertiary/aromatic N) is 2. The molecule has 102 valence electrons. The van der Waals surface area contributed by atoms with Crippen molar-refractivity contribution in [3.05, 3.63) is 51.8 Å². The molecule has 6 nitrogen and oxygen atoms in total. The number of ether oxygens (including phenoxy) is 1. The van der Waals surface area contributed by atoms with Crippen LogP contribution in [-0.2, 0) is 6.54 Å². The molecule has 0 aliphatic heterocycles. The Morgan fingerprint density at radius 1 is 1.55 bits per heavy atom. The van der Waals surface area contributed by atoms with Crippen molar-refractivity contribution in [3.63, 3.8) is 0 Å². The lowest BCUT2D eigenvalue weighted by Gasteiger charge is -2.09. The fourth-order valence-corrected chi connectivity index (χ4v) is 1.64. The smallest absolute Gasteiger partial charge is 0.295 e. The maximum absolute atomic E-state index is 13.7. The number of hydrogen-bond donors (Lipinski definition) is 2. The molecule has 0 fully saturated rings. The molecule has 2 N–H and O–H groups in total. The number of anilines is 1. The van der Waals surface area contributed by atoms with E-state index in [1.807, 2.05) is 6.07 Å². The van der Waals surface area contributed by atoms with Gasteiger partial charge in [0.15, 0.2) is 5.82 Å². The third kappa shape index (κ3) is 2.75. The fourth-order valence-electron chi connectivity index (χ4n) is 1.64. The van der Waals surface area contributed by atoms with Crippen LogP contribution in [0.2, 0.25) is 0 Å². The average Bonchev–Trinajstić information content (AvgIpc) is 2.46. The molecular formula is C13H11FN4O2. The monoisotopic (exact) mass is 274 g/mol. The minimum Gasteiger partial charge on any atom is -0.489 e. The molecule has 0 bridgehead atoms. The summed E-state index contributed by atoms with van der Waals surface area (Å²) in [6.45, 7) is 0.115. The molecule has 2 rings (SSSR count). The van der Waals surface area contributed by atoms with Gasteiger partial charge in [0.2, 0.25) is 5.75 Å². The number of rotatable bonds is 4. The van der Waals surface area contributed by atoms with E-state index < -0.39 is 11.4 Å². The van der Waals surface area contributed by atoms with Crippen molar-refractivity contribution in [3.8, 4) is 11.8 Å². The molecule has 1 aromatic heterocycles. The number of aromatic amines is 1. The van der Waals surface area contributed by atoms with Gasteiger partial charge >= 0.3 is 0 Å². The molecule has 0 amide bonds. The van der Waals surface area contributed by atoms with Gasteiger partial charge < -0.3 is 15.0 Å². The van der Waals surface area contributed by atoms with E-state index in [1.165, 1.54) is 25.6 Å². The topological polar surface area (TPSA) is 90.8 Å². The van der Waals surface area contributed by atoms with Gasteiger partial charge in [0.1, 0.15) is 5.82 Å². The van der Waals surface area contributed by atoms with Crippen LogP contribution in [0.4, 0.5) is 10.2 Å². The van der Waals surface area contributed by atoms with Gasteiger partial charge in [0.25, 0.3) is 5.56 Å². The molecule has 0 aliphatic rings.